The lowest BCUT2D eigenvalue weighted by molar-refractivity contribution is -0.131. The van der Waals surface area contributed by atoms with Crippen LogP contribution in [0, 0.1) is 0 Å². The van der Waals surface area contributed by atoms with Crippen LogP contribution in [0.5, 0.6) is 0 Å². The summed E-state index contributed by atoms with van der Waals surface area (Å²) < 4.78 is 0. The zero-order chi connectivity index (χ0) is 18.7. The zero-order valence-electron chi connectivity index (χ0n) is 16.0. The van der Waals surface area contributed by atoms with Crippen LogP contribution in [0.3, 0.4) is 0 Å². The number of benzene rings is 1. The molecule has 1 amide bonds. The monoisotopic (exact) mass is 371 g/mol. The Kier molecular flexibility index (Phi) is 5.66. The molecule has 1 aromatic rings. The van der Waals surface area contributed by atoms with Crippen molar-refractivity contribution >= 4 is 28.8 Å². The first-order valence-corrected chi connectivity index (χ1v) is 9.87. The second-order valence-corrected chi connectivity index (χ2v) is 8.38. The van der Waals surface area contributed by atoms with Crippen molar-refractivity contribution in [1.29, 1.82) is 0 Å². The number of thiocarbonyl (C=S) groups is 1. The van der Waals surface area contributed by atoms with Crippen LogP contribution >= 0.6 is 12.2 Å². The molecule has 0 spiro atoms. The second-order valence-electron chi connectivity index (χ2n) is 8.00. The van der Waals surface area contributed by atoms with Crippen molar-refractivity contribution in [3.8, 4) is 0 Å². The van der Waals surface area contributed by atoms with E-state index in [1.165, 1.54) is 11.1 Å². The summed E-state index contributed by atoms with van der Waals surface area (Å²) in [6.07, 6.45) is 4.65. The van der Waals surface area contributed by atoms with Crippen LogP contribution in [0.4, 0.5) is 0 Å². The van der Waals surface area contributed by atoms with E-state index in [9.17, 15) is 4.79 Å². The van der Waals surface area contributed by atoms with E-state index in [2.05, 4.69) is 61.3 Å². The number of nitrogens with one attached hydrogen (secondary N) is 1. The molecule has 1 unspecified atom stereocenters. The zero-order valence-corrected chi connectivity index (χ0v) is 16.8. The molecule has 0 aliphatic carbocycles. The molecule has 26 heavy (non-hydrogen) atoms. The SMILES string of the molecule is CC1CC(C)(C)NC(=S)N1CCC(=O)N1CC=C(c2ccccc2)CC1. The van der Waals surface area contributed by atoms with Gasteiger partial charge in [-0.3, -0.25) is 4.79 Å². The van der Waals surface area contributed by atoms with E-state index in [-0.39, 0.29) is 11.4 Å². The molecule has 1 N–H and O–H groups in total. The minimum atomic E-state index is 0.0303. The van der Waals surface area contributed by atoms with E-state index in [4.69, 9.17) is 12.2 Å². The van der Waals surface area contributed by atoms with Gasteiger partial charge in [0.1, 0.15) is 0 Å². The van der Waals surface area contributed by atoms with Crippen LogP contribution in [0.2, 0.25) is 0 Å². The third kappa shape index (κ3) is 4.44. The van der Waals surface area contributed by atoms with E-state index < -0.39 is 0 Å². The fourth-order valence-electron chi connectivity index (χ4n) is 3.97. The molecule has 140 valence electrons. The summed E-state index contributed by atoms with van der Waals surface area (Å²) in [5, 5.41) is 4.16. The van der Waals surface area contributed by atoms with E-state index in [1.54, 1.807) is 0 Å². The van der Waals surface area contributed by atoms with Gasteiger partial charge < -0.3 is 15.1 Å². The molecule has 1 aromatic carbocycles. The molecule has 0 aromatic heterocycles. The Bertz CT molecular complexity index is 698. The van der Waals surface area contributed by atoms with Crippen molar-refractivity contribution in [2.24, 2.45) is 0 Å². The Morgan fingerprint density at radius 2 is 2.04 bits per heavy atom. The van der Waals surface area contributed by atoms with E-state index in [0.717, 1.165) is 24.5 Å². The quantitative estimate of drug-likeness (QED) is 0.823. The molecule has 1 fully saturated rings. The molecule has 1 saturated heterocycles. The largest absolute Gasteiger partial charge is 0.358 e. The number of hydrogen-bond acceptors (Lipinski definition) is 2. The topological polar surface area (TPSA) is 35.6 Å². The first kappa shape index (κ1) is 18.9. The number of rotatable bonds is 4. The molecule has 2 heterocycles. The maximum Gasteiger partial charge on any atom is 0.224 e. The van der Waals surface area contributed by atoms with Crippen LogP contribution < -0.4 is 5.32 Å². The minimum absolute atomic E-state index is 0.0303. The summed E-state index contributed by atoms with van der Waals surface area (Å²) in [6, 6.07) is 10.8. The molecule has 3 rings (SSSR count). The van der Waals surface area contributed by atoms with Crippen molar-refractivity contribution in [1.82, 2.24) is 15.1 Å². The van der Waals surface area contributed by atoms with Gasteiger partial charge in [-0.1, -0.05) is 36.4 Å². The summed E-state index contributed by atoms with van der Waals surface area (Å²) in [6.45, 7) is 8.72. The van der Waals surface area contributed by atoms with Crippen molar-refractivity contribution in [3.05, 3.63) is 42.0 Å². The van der Waals surface area contributed by atoms with Crippen LogP contribution in [0.1, 0.15) is 45.6 Å². The van der Waals surface area contributed by atoms with E-state index in [0.29, 0.717) is 25.6 Å². The van der Waals surface area contributed by atoms with Gasteiger partial charge in [0.25, 0.3) is 0 Å². The summed E-state index contributed by atoms with van der Waals surface area (Å²) >= 11 is 5.51. The molecule has 4 nitrogen and oxygen atoms in total. The number of hydrogen-bond donors (Lipinski definition) is 1. The molecule has 5 heteroatoms. The van der Waals surface area contributed by atoms with Crippen molar-refractivity contribution < 1.29 is 4.79 Å². The average molecular weight is 372 g/mol. The molecule has 1 atom stereocenters. The summed E-state index contributed by atoms with van der Waals surface area (Å²) in [5.74, 6) is 0.216. The normalized spacial score (nSPS) is 22.7. The van der Waals surface area contributed by atoms with Gasteiger partial charge >= 0.3 is 0 Å². The minimum Gasteiger partial charge on any atom is -0.358 e. The Labute approximate surface area is 162 Å². The van der Waals surface area contributed by atoms with Gasteiger partial charge in [-0.2, -0.15) is 0 Å². The molecular weight excluding hydrogens is 342 g/mol. The Morgan fingerprint density at radius 3 is 2.65 bits per heavy atom. The van der Waals surface area contributed by atoms with Crippen LogP contribution in [-0.2, 0) is 4.79 Å². The molecule has 2 aliphatic heterocycles. The van der Waals surface area contributed by atoms with Gasteiger partial charge in [0.15, 0.2) is 5.11 Å². The maximum atomic E-state index is 12.6. The van der Waals surface area contributed by atoms with Crippen molar-refractivity contribution in [3.63, 3.8) is 0 Å². The fourth-order valence-corrected chi connectivity index (χ4v) is 4.51. The smallest absolute Gasteiger partial charge is 0.224 e. The van der Waals surface area contributed by atoms with Gasteiger partial charge in [0.05, 0.1) is 0 Å². The molecule has 0 bridgehead atoms. The van der Waals surface area contributed by atoms with Crippen molar-refractivity contribution in [2.75, 3.05) is 19.6 Å². The highest BCUT2D eigenvalue weighted by atomic mass is 32.1. The highest BCUT2D eigenvalue weighted by molar-refractivity contribution is 7.80. The van der Waals surface area contributed by atoms with Gasteiger partial charge in [-0.05, 0) is 57.0 Å². The first-order chi connectivity index (χ1) is 12.4. The van der Waals surface area contributed by atoms with Gasteiger partial charge in [-0.25, -0.2) is 0 Å². The van der Waals surface area contributed by atoms with Gasteiger partial charge in [0, 0.05) is 37.6 Å². The van der Waals surface area contributed by atoms with Gasteiger partial charge in [0.2, 0.25) is 5.91 Å². The molecule has 0 saturated carbocycles. The summed E-state index contributed by atoms with van der Waals surface area (Å²) in [5.41, 5.74) is 2.63. The first-order valence-electron chi connectivity index (χ1n) is 9.47. The lowest BCUT2D eigenvalue weighted by atomic mass is 9.93. The van der Waals surface area contributed by atoms with E-state index >= 15 is 0 Å². The third-order valence-corrected chi connectivity index (χ3v) is 5.65. The number of carbonyl (C=O) groups excluding carboxylic acids is 1. The number of carbonyl (C=O) groups is 1. The maximum absolute atomic E-state index is 12.6. The Balaban J connectivity index is 1.52. The van der Waals surface area contributed by atoms with Crippen LogP contribution in [0.15, 0.2) is 36.4 Å². The number of nitrogens with zero attached hydrogens (tertiary/aromatic N) is 2. The highest BCUT2D eigenvalue weighted by Gasteiger charge is 2.33. The molecular formula is C21H29N3OS. The number of amides is 1. The Morgan fingerprint density at radius 1 is 1.31 bits per heavy atom. The van der Waals surface area contributed by atoms with Crippen LogP contribution in [0.25, 0.3) is 5.57 Å². The van der Waals surface area contributed by atoms with E-state index in [1.807, 2.05) is 11.0 Å². The Hall–Kier alpha value is -1.88. The second kappa shape index (κ2) is 7.78. The molecule has 0 radical (unpaired) electrons. The van der Waals surface area contributed by atoms with Gasteiger partial charge in [-0.15, -0.1) is 0 Å². The third-order valence-electron chi connectivity index (χ3n) is 5.32. The summed E-state index contributed by atoms with van der Waals surface area (Å²) in [7, 11) is 0. The molecule has 2 aliphatic rings. The summed E-state index contributed by atoms with van der Waals surface area (Å²) in [4.78, 5) is 16.8. The average Bonchev–Trinajstić information content (AvgIpc) is 2.61. The standard InChI is InChI=1S/C21H29N3OS/c1-16-15-21(2,3)22-20(26)24(16)14-11-19(25)23-12-9-18(10-13-23)17-7-5-4-6-8-17/h4-9,16H,10-15H2,1-3H3,(H,22,26). The highest BCUT2D eigenvalue weighted by Crippen LogP contribution is 2.24. The van der Waals surface area contributed by atoms with Crippen LogP contribution in [-0.4, -0.2) is 52.0 Å². The lowest BCUT2D eigenvalue weighted by Gasteiger charge is -2.45. The predicted molar refractivity (Wildman–Crippen MR) is 111 cm³/mol. The lowest BCUT2D eigenvalue weighted by Crippen LogP contribution is -2.60. The fraction of sp³-hybridized carbons (Fsp3) is 0.524. The van der Waals surface area contributed by atoms with Crippen molar-refractivity contribution in [2.45, 2.75) is 51.6 Å². The predicted octanol–water partition coefficient (Wildman–Crippen LogP) is 3.44.